The van der Waals surface area contributed by atoms with Crippen molar-refractivity contribution in [3.05, 3.63) is 65.7 Å². The number of ether oxygens (including phenoxy) is 2. The smallest absolute Gasteiger partial charge is 0.229 e. The van der Waals surface area contributed by atoms with Crippen molar-refractivity contribution >= 4 is 33.0 Å². The molecule has 0 saturated carbocycles. The molecule has 2 aromatic carbocycles. The molecule has 0 aromatic heterocycles. The molecule has 7 nitrogen and oxygen atoms in total. The second kappa shape index (κ2) is 10.8. The van der Waals surface area contributed by atoms with Gasteiger partial charge in [0.2, 0.25) is 10.0 Å². The van der Waals surface area contributed by atoms with Crippen molar-refractivity contribution in [1.29, 1.82) is 0 Å². The van der Waals surface area contributed by atoms with E-state index in [0.29, 0.717) is 24.0 Å². The molecule has 1 saturated heterocycles. The molecule has 1 aliphatic rings. The van der Waals surface area contributed by atoms with Crippen LogP contribution in [-0.2, 0) is 32.5 Å². The Balaban J connectivity index is 1.52. The predicted molar refractivity (Wildman–Crippen MR) is 135 cm³/mol. The standard InChI is InChI=1S/C24H33N3O4S2/c1-24(2,3)21-22(31-21)30-16-20(14-17-8-6-5-7-9-17)26-23(32)25-15-18-10-12-19(13-11-18)27-33(4,28)29/h5-13,20-22,27H,14-16H2,1-4H3,(H2,25,26,32). The number of hydrogen-bond acceptors (Lipinski definition) is 5. The third-order valence-corrected chi connectivity index (χ3v) is 6.01. The highest BCUT2D eigenvalue weighted by atomic mass is 32.2. The van der Waals surface area contributed by atoms with E-state index in [0.717, 1.165) is 18.2 Å². The van der Waals surface area contributed by atoms with Gasteiger partial charge in [0.1, 0.15) is 6.10 Å². The number of nitrogens with one attached hydrogen (secondary N) is 3. The Bertz CT molecular complexity index is 1020. The average Bonchev–Trinajstić information content (AvgIpc) is 3.52. The first kappa shape index (κ1) is 25.4. The number of epoxide rings is 1. The highest BCUT2D eigenvalue weighted by molar-refractivity contribution is 7.92. The molecule has 3 N–H and O–H groups in total. The van der Waals surface area contributed by atoms with E-state index in [-0.39, 0.29) is 23.9 Å². The van der Waals surface area contributed by atoms with Crippen LogP contribution in [0.3, 0.4) is 0 Å². The lowest BCUT2D eigenvalue weighted by atomic mass is 9.92. The largest absolute Gasteiger partial charge is 0.359 e. The lowest BCUT2D eigenvalue weighted by molar-refractivity contribution is 0.0389. The normalized spacial score (nSPS) is 18.9. The van der Waals surface area contributed by atoms with Gasteiger partial charge in [0.15, 0.2) is 11.4 Å². The summed E-state index contributed by atoms with van der Waals surface area (Å²) in [6, 6.07) is 17.3. The number of hydrogen-bond donors (Lipinski definition) is 3. The van der Waals surface area contributed by atoms with E-state index in [1.54, 1.807) is 12.1 Å². The maximum atomic E-state index is 11.3. The van der Waals surface area contributed by atoms with Crippen LogP contribution >= 0.6 is 12.2 Å². The molecule has 1 heterocycles. The molecule has 180 valence electrons. The first-order valence-electron chi connectivity index (χ1n) is 10.9. The molecule has 0 radical (unpaired) electrons. The lowest BCUT2D eigenvalue weighted by Crippen LogP contribution is -2.45. The van der Waals surface area contributed by atoms with Gasteiger partial charge in [-0.05, 0) is 47.3 Å². The Morgan fingerprint density at radius 2 is 1.76 bits per heavy atom. The van der Waals surface area contributed by atoms with E-state index in [9.17, 15) is 8.42 Å². The third kappa shape index (κ3) is 8.92. The molecule has 9 heteroatoms. The summed E-state index contributed by atoms with van der Waals surface area (Å²) in [6.07, 6.45) is 1.83. The van der Waals surface area contributed by atoms with Crippen molar-refractivity contribution in [3.63, 3.8) is 0 Å². The maximum Gasteiger partial charge on any atom is 0.229 e. The van der Waals surface area contributed by atoms with Gasteiger partial charge in [-0.2, -0.15) is 0 Å². The van der Waals surface area contributed by atoms with Crippen molar-refractivity contribution < 1.29 is 17.9 Å². The van der Waals surface area contributed by atoms with E-state index in [2.05, 4.69) is 48.3 Å². The molecule has 0 bridgehead atoms. The summed E-state index contributed by atoms with van der Waals surface area (Å²) in [4.78, 5) is 0. The van der Waals surface area contributed by atoms with Gasteiger partial charge in [0.05, 0.1) is 18.9 Å². The van der Waals surface area contributed by atoms with E-state index in [4.69, 9.17) is 21.7 Å². The molecule has 3 unspecified atom stereocenters. The van der Waals surface area contributed by atoms with Crippen molar-refractivity contribution in [2.75, 3.05) is 17.6 Å². The molecule has 1 fully saturated rings. The Hall–Kier alpha value is -2.20. The van der Waals surface area contributed by atoms with E-state index >= 15 is 0 Å². The van der Waals surface area contributed by atoms with Gasteiger partial charge < -0.3 is 20.1 Å². The van der Waals surface area contributed by atoms with Crippen molar-refractivity contribution in [2.45, 2.75) is 52.2 Å². The summed E-state index contributed by atoms with van der Waals surface area (Å²) >= 11 is 5.52. The van der Waals surface area contributed by atoms with Crippen LogP contribution in [-0.4, -0.2) is 44.8 Å². The molecule has 3 atom stereocenters. The van der Waals surface area contributed by atoms with E-state index in [1.807, 2.05) is 30.3 Å². The molecular weight excluding hydrogens is 458 g/mol. The number of rotatable bonds is 10. The van der Waals surface area contributed by atoms with Crippen molar-refractivity contribution in [2.24, 2.45) is 5.41 Å². The van der Waals surface area contributed by atoms with Crippen LogP contribution < -0.4 is 15.4 Å². The van der Waals surface area contributed by atoms with Crippen LogP contribution in [0.1, 0.15) is 31.9 Å². The van der Waals surface area contributed by atoms with Crippen LogP contribution in [0.15, 0.2) is 54.6 Å². The zero-order chi connectivity index (χ0) is 24.1. The molecule has 0 aliphatic carbocycles. The quantitative estimate of drug-likeness (QED) is 0.346. The molecule has 3 rings (SSSR count). The Morgan fingerprint density at radius 3 is 2.33 bits per heavy atom. The summed E-state index contributed by atoms with van der Waals surface area (Å²) in [5.74, 6) is 0. The topological polar surface area (TPSA) is 92.0 Å². The molecule has 33 heavy (non-hydrogen) atoms. The fraction of sp³-hybridized carbons (Fsp3) is 0.458. The van der Waals surface area contributed by atoms with Crippen LogP contribution in [0.5, 0.6) is 0 Å². The van der Waals surface area contributed by atoms with Gasteiger partial charge in [-0.1, -0.05) is 63.2 Å². The van der Waals surface area contributed by atoms with E-state index < -0.39 is 10.0 Å². The minimum atomic E-state index is -3.29. The number of sulfonamides is 1. The number of benzene rings is 2. The molecule has 0 amide bonds. The Labute approximate surface area is 202 Å². The van der Waals surface area contributed by atoms with Crippen LogP contribution in [0.2, 0.25) is 0 Å². The lowest BCUT2D eigenvalue weighted by Gasteiger charge is -2.21. The fourth-order valence-electron chi connectivity index (χ4n) is 3.42. The number of anilines is 1. The number of thiocarbonyl (C=S) groups is 1. The average molecular weight is 492 g/mol. The highest BCUT2D eigenvalue weighted by Gasteiger charge is 2.48. The second-order valence-electron chi connectivity index (χ2n) is 9.41. The zero-order valence-electron chi connectivity index (χ0n) is 19.5. The summed E-state index contributed by atoms with van der Waals surface area (Å²) in [7, 11) is -3.29. The van der Waals surface area contributed by atoms with Crippen LogP contribution in [0.25, 0.3) is 0 Å². The summed E-state index contributed by atoms with van der Waals surface area (Å²) in [5, 5.41) is 7.11. The Morgan fingerprint density at radius 1 is 1.09 bits per heavy atom. The van der Waals surface area contributed by atoms with E-state index in [1.165, 1.54) is 5.56 Å². The van der Waals surface area contributed by atoms with Crippen molar-refractivity contribution in [3.8, 4) is 0 Å². The van der Waals surface area contributed by atoms with Gasteiger partial charge in [-0.15, -0.1) is 0 Å². The predicted octanol–water partition coefficient (Wildman–Crippen LogP) is 3.42. The zero-order valence-corrected chi connectivity index (χ0v) is 21.1. The maximum absolute atomic E-state index is 11.3. The minimum Gasteiger partial charge on any atom is -0.359 e. The van der Waals surface area contributed by atoms with Gasteiger partial charge in [-0.3, -0.25) is 4.72 Å². The molecule has 0 spiro atoms. The fourth-order valence-corrected chi connectivity index (χ4v) is 4.23. The van der Waals surface area contributed by atoms with Gasteiger partial charge >= 0.3 is 0 Å². The summed E-state index contributed by atoms with van der Waals surface area (Å²) in [5.41, 5.74) is 2.75. The van der Waals surface area contributed by atoms with Crippen LogP contribution in [0.4, 0.5) is 5.69 Å². The summed E-state index contributed by atoms with van der Waals surface area (Å²) in [6.45, 7) is 7.41. The monoisotopic (exact) mass is 491 g/mol. The van der Waals surface area contributed by atoms with Crippen LogP contribution in [0, 0.1) is 5.41 Å². The minimum absolute atomic E-state index is 0.0152. The SMILES string of the molecule is CC(C)(C)C1OC1OCC(Cc1ccccc1)NC(=S)NCc1ccc(NS(C)(=O)=O)cc1. The molecule has 2 aromatic rings. The second-order valence-corrected chi connectivity index (χ2v) is 11.6. The summed E-state index contributed by atoms with van der Waals surface area (Å²) < 4.78 is 36.8. The van der Waals surface area contributed by atoms with Crippen molar-refractivity contribution in [1.82, 2.24) is 10.6 Å². The Kier molecular flexibility index (Phi) is 8.33. The first-order chi connectivity index (χ1) is 15.5. The van der Waals surface area contributed by atoms with Gasteiger partial charge in [0, 0.05) is 12.2 Å². The highest BCUT2D eigenvalue weighted by Crippen LogP contribution is 2.38. The van der Waals surface area contributed by atoms with Gasteiger partial charge in [0.25, 0.3) is 0 Å². The third-order valence-electron chi connectivity index (χ3n) is 5.14. The molecular formula is C24H33N3O4S2. The first-order valence-corrected chi connectivity index (χ1v) is 13.2. The molecule has 1 aliphatic heterocycles. The van der Waals surface area contributed by atoms with Gasteiger partial charge in [-0.25, -0.2) is 8.42 Å².